The Kier molecular flexibility index (Phi) is 6.98. The van der Waals surface area contributed by atoms with Crippen molar-refractivity contribution in [3.05, 3.63) is 64.2 Å². The number of rotatable bonds is 5. The molecule has 30 heavy (non-hydrogen) atoms. The number of carbonyl (C=O) groups is 2. The zero-order valence-electron chi connectivity index (χ0n) is 16.0. The molecule has 1 fully saturated rings. The summed E-state index contributed by atoms with van der Waals surface area (Å²) < 4.78 is 26.4. The summed E-state index contributed by atoms with van der Waals surface area (Å²) in [5.74, 6) is -2.56. The van der Waals surface area contributed by atoms with Gasteiger partial charge in [-0.15, -0.1) is 0 Å². The molecule has 0 aromatic heterocycles. The van der Waals surface area contributed by atoms with Crippen LogP contribution in [0.3, 0.4) is 0 Å². The van der Waals surface area contributed by atoms with Crippen molar-refractivity contribution in [1.82, 2.24) is 9.80 Å². The highest BCUT2D eigenvalue weighted by molar-refractivity contribution is 6.32. The molecule has 0 aliphatic carbocycles. The molecule has 0 radical (unpaired) electrons. The van der Waals surface area contributed by atoms with E-state index in [9.17, 15) is 18.4 Å². The van der Waals surface area contributed by atoms with Crippen molar-refractivity contribution in [3.8, 4) is 6.07 Å². The van der Waals surface area contributed by atoms with Crippen molar-refractivity contribution < 1.29 is 18.4 Å². The van der Waals surface area contributed by atoms with Crippen molar-refractivity contribution in [3.63, 3.8) is 0 Å². The third-order valence-electron chi connectivity index (χ3n) is 4.85. The molecule has 1 heterocycles. The summed E-state index contributed by atoms with van der Waals surface area (Å²) in [6.07, 6.45) is 0.259. The van der Waals surface area contributed by atoms with Gasteiger partial charge in [-0.1, -0.05) is 11.6 Å². The second-order valence-electron chi connectivity index (χ2n) is 6.87. The molecule has 0 bridgehead atoms. The maximum absolute atomic E-state index is 13.3. The quantitative estimate of drug-likeness (QED) is 0.786. The van der Waals surface area contributed by atoms with Crippen LogP contribution in [-0.2, 0) is 4.79 Å². The van der Waals surface area contributed by atoms with Gasteiger partial charge < -0.3 is 10.2 Å². The molecule has 1 saturated heterocycles. The van der Waals surface area contributed by atoms with Crippen molar-refractivity contribution in [2.45, 2.75) is 6.42 Å². The van der Waals surface area contributed by atoms with Gasteiger partial charge in [-0.2, -0.15) is 5.26 Å². The number of piperazine rings is 1. The minimum atomic E-state index is -1.05. The van der Waals surface area contributed by atoms with Gasteiger partial charge in [0.2, 0.25) is 5.91 Å². The van der Waals surface area contributed by atoms with Crippen molar-refractivity contribution in [2.75, 3.05) is 38.0 Å². The maximum Gasteiger partial charge on any atom is 0.254 e. The molecule has 2 aromatic carbocycles. The van der Waals surface area contributed by atoms with Crippen LogP contribution in [0.1, 0.15) is 22.3 Å². The lowest BCUT2D eigenvalue weighted by Gasteiger charge is -2.34. The van der Waals surface area contributed by atoms with Crippen LogP contribution < -0.4 is 5.32 Å². The average Bonchev–Trinajstić information content (AvgIpc) is 2.74. The predicted octanol–water partition coefficient (Wildman–Crippen LogP) is 3.28. The van der Waals surface area contributed by atoms with Gasteiger partial charge in [0.1, 0.15) is 6.07 Å². The Hall–Kier alpha value is -3.02. The van der Waals surface area contributed by atoms with E-state index in [-0.39, 0.29) is 28.8 Å². The van der Waals surface area contributed by atoms with E-state index in [1.807, 2.05) is 6.07 Å². The first-order valence-electron chi connectivity index (χ1n) is 9.33. The standard InChI is InChI=1S/C21H19ClF2N4O2/c22-17-12-16(3-1-15(17)13-25)26-20(29)5-6-27-7-9-28(10-8-27)21(30)14-2-4-18(23)19(24)11-14/h1-4,11-12H,5-10H2,(H,26,29). The summed E-state index contributed by atoms with van der Waals surface area (Å²) in [5, 5.41) is 11.9. The van der Waals surface area contributed by atoms with Gasteiger partial charge in [-0.25, -0.2) is 8.78 Å². The second-order valence-corrected chi connectivity index (χ2v) is 7.27. The molecule has 0 spiro atoms. The lowest BCUT2D eigenvalue weighted by molar-refractivity contribution is -0.116. The molecule has 2 aromatic rings. The van der Waals surface area contributed by atoms with Crippen LogP contribution in [-0.4, -0.2) is 54.3 Å². The predicted molar refractivity (Wildman–Crippen MR) is 108 cm³/mol. The minimum Gasteiger partial charge on any atom is -0.336 e. The van der Waals surface area contributed by atoms with Crippen molar-refractivity contribution in [2.24, 2.45) is 0 Å². The second kappa shape index (κ2) is 9.65. The van der Waals surface area contributed by atoms with E-state index in [0.29, 0.717) is 44.0 Å². The minimum absolute atomic E-state index is 0.114. The van der Waals surface area contributed by atoms with Crippen LogP contribution >= 0.6 is 11.6 Å². The lowest BCUT2D eigenvalue weighted by atomic mass is 10.1. The van der Waals surface area contributed by atoms with Crippen LogP contribution in [0.2, 0.25) is 5.02 Å². The largest absolute Gasteiger partial charge is 0.336 e. The molecule has 0 atom stereocenters. The normalized spacial score (nSPS) is 14.3. The summed E-state index contributed by atoms with van der Waals surface area (Å²) in [4.78, 5) is 28.2. The fourth-order valence-electron chi connectivity index (χ4n) is 3.15. The molecule has 0 saturated carbocycles. The maximum atomic E-state index is 13.3. The first kappa shape index (κ1) is 21.7. The smallest absolute Gasteiger partial charge is 0.254 e. The monoisotopic (exact) mass is 432 g/mol. The highest BCUT2D eigenvalue weighted by Gasteiger charge is 2.23. The van der Waals surface area contributed by atoms with Gasteiger partial charge in [-0.3, -0.25) is 14.5 Å². The summed E-state index contributed by atoms with van der Waals surface area (Å²) in [6, 6.07) is 9.76. The Labute approximate surface area is 177 Å². The molecule has 9 heteroatoms. The van der Waals surface area contributed by atoms with E-state index in [1.54, 1.807) is 17.0 Å². The Bertz CT molecular complexity index is 1000. The summed E-state index contributed by atoms with van der Waals surface area (Å²) in [5.41, 5.74) is 0.971. The number of amides is 2. The highest BCUT2D eigenvalue weighted by Crippen LogP contribution is 2.20. The average molecular weight is 433 g/mol. The molecule has 156 valence electrons. The number of nitriles is 1. The number of halogens is 3. The van der Waals surface area contributed by atoms with Crippen LogP contribution in [0, 0.1) is 23.0 Å². The molecule has 1 aliphatic heterocycles. The van der Waals surface area contributed by atoms with Gasteiger partial charge in [0.05, 0.1) is 10.6 Å². The Balaban J connectivity index is 1.45. The van der Waals surface area contributed by atoms with Gasteiger partial charge >= 0.3 is 0 Å². The van der Waals surface area contributed by atoms with E-state index in [2.05, 4.69) is 10.2 Å². The summed E-state index contributed by atoms with van der Waals surface area (Å²) in [7, 11) is 0. The molecule has 0 unspecified atom stereocenters. The topological polar surface area (TPSA) is 76.4 Å². The van der Waals surface area contributed by atoms with E-state index in [1.165, 1.54) is 12.1 Å². The van der Waals surface area contributed by atoms with E-state index in [0.717, 1.165) is 12.1 Å². The van der Waals surface area contributed by atoms with Crippen molar-refractivity contribution >= 4 is 29.1 Å². The Morgan fingerprint density at radius 2 is 1.80 bits per heavy atom. The zero-order valence-corrected chi connectivity index (χ0v) is 16.8. The Morgan fingerprint density at radius 1 is 1.07 bits per heavy atom. The van der Waals surface area contributed by atoms with Crippen molar-refractivity contribution in [1.29, 1.82) is 5.26 Å². The highest BCUT2D eigenvalue weighted by atomic mass is 35.5. The van der Waals surface area contributed by atoms with Crippen LogP contribution in [0.4, 0.5) is 14.5 Å². The molecule has 3 rings (SSSR count). The molecule has 2 amide bonds. The SMILES string of the molecule is N#Cc1ccc(NC(=O)CCN2CCN(C(=O)c3ccc(F)c(F)c3)CC2)cc1Cl. The first-order valence-corrected chi connectivity index (χ1v) is 9.71. The molecular formula is C21H19ClF2N4O2. The molecule has 6 nitrogen and oxygen atoms in total. The van der Waals surface area contributed by atoms with Gasteiger partial charge in [0, 0.05) is 50.4 Å². The number of benzene rings is 2. The zero-order chi connectivity index (χ0) is 21.7. The fraction of sp³-hybridized carbons (Fsp3) is 0.286. The van der Waals surface area contributed by atoms with Gasteiger partial charge in [0.15, 0.2) is 11.6 Å². The van der Waals surface area contributed by atoms with Gasteiger partial charge in [0.25, 0.3) is 5.91 Å². The number of carbonyl (C=O) groups excluding carboxylic acids is 2. The van der Waals surface area contributed by atoms with E-state index >= 15 is 0 Å². The Morgan fingerprint density at radius 3 is 2.43 bits per heavy atom. The first-order chi connectivity index (χ1) is 14.4. The van der Waals surface area contributed by atoms with Gasteiger partial charge in [-0.05, 0) is 36.4 Å². The summed E-state index contributed by atoms with van der Waals surface area (Å²) in [6.45, 7) is 2.54. The third kappa shape index (κ3) is 5.32. The number of nitrogens with one attached hydrogen (secondary N) is 1. The van der Waals surface area contributed by atoms with E-state index < -0.39 is 11.6 Å². The van der Waals surface area contributed by atoms with Crippen LogP contribution in [0.5, 0.6) is 0 Å². The fourth-order valence-corrected chi connectivity index (χ4v) is 3.38. The molecular weight excluding hydrogens is 414 g/mol. The molecule has 1 N–H and O–H groups in total. The summed E-state index contributed by atoms with van der Waals surface area (Å²) >= 11 is 5.96. The number of nitrogens with zero attached hydrogens (tertiary/aromatic N) is 3. The number of anilines is 1. The third-order valence-corrected chi connectivity index (χ3v) is 5.17. The lowest BCUT2D eigenvalue weighted by Crippen LogP contribution is -2.49. The molecule has 1 aliphatic rings. The van der Waals surface area contributed by atoms with Crippen LogP contribution in [0.15, 0.2) is 36.4 Å². The van der Waals surface area contributed by atoms with E-state index in [4.69, 9.17) is 16.9 Å². The van der Waals surface area contributed by atoms with Crippen LogP contribution in [0.25, 0.3) is 0 Å². The number of hydrogen-bond acceptors (Lipinski definition) is 4. The number of hydrogen-bond donors (Lipinski definition) is 1.